The van der Waals surface area contributed by atoms with Gasteiger partial charge in [0.25, 0.3) is 0 Å². The molecule has 0 atom stereocenters. The van der Waals surface area contributed by atoms with Crippen LogP contribution in [0.1, 0.15) is 41.1 Å². The van der Waals surface area contributed by atoms with Crippen LogP contribution in [0.2, 0.25) is 0 Å². The van der Waals surface area contributed by atoms with E-state index in [0.717, 1.165) is 18.6 Å². The molecule has 0 aromatic carbocycles. The molecule has 1 fully saturated rings. The van der Waals surface area contributed by atoms with Gasteiger partial charge in [-0.25, -0.2) is 4.79 Å². The Morgan fingerprint density at radius 2 is 2.20 bits per heavy atom. The van der Waals surface area contributed by atoms with Crippen molar-refractivity contribution in [1.29, 1.82) is 0 Å². The molecular formula is C14H18O5S. The van der Waals surface area contributed by atoms with Crippen molar-refractivity contribution in [3.8, 4) is 0 Å². The summed E-state index contributed by atoms with van der Waals surface area (Å²) in [5, 5.41) is 8.92. The number of rotatable bonds is 7. The minimum absolute atomic E-state index is 0.0105. The Labute approximate surface area is 121 Å². The van der Waals surface area contributed by atoms with E-state index in [2.05, 4.69) is 0 Å². The van der Waals surface area contributed by atoms with Gasteiger partial charge in [0.15, 0.2) is 0 Å². The highest BCUT2D eigenvalue weighted by Gasteiger charge is 2.44. The molecule has 1 aromatic rings. The van der Waals surface area contributed by atoms with Gasteiger partial charge < -0.3 is 14.3 Å². The lowest BCUT2D eigenvalue weighted by Crippen LogP contribution is -2.13. The second kappa shape index (κ2) is 5.91. The van der Waals surface area contributed by atoms with Crippen LogP contribution in [0.15, 0.2) is 10.5 Å². The summed E-state index contributed by atoms with van der Waals surface area (Å²) in [5.41, 5.74) is 0.721. The van der Waals surface area contributed by atoms with E-state index >= 15 is 0 Å². The lowest BCUT2D eigenvalue weighted by atomic mass is 10.1. The number of carboxylic acid groups (broad SMARTS) is 1. The maximum atomic E-state index is 11.3. The molecule has 1 N–H and O–H groups in total. The van der Waals surface area contributed by atoms with Crippen LogP contribution in [0.25, 0.3) is 0 Å². The molecule has 0 bridgehead atoms. The monoisotopic (exact) mass is 298 g/mol. The van der Waals surface area contributed by atoms with E-state index in [1.54, 1.807) is 24.8 Å². The fraction of sp³-hybridized carbons (Fsp3) is 0.571. The van der Waals surface area contributed by atoms with Gasteiger partial charge in [0.05, 0.1) is 19.3 Å². The van der Waals surface area contributed by atoms with Crippen LogP contribution in [0, 0.1) is 12.3 Å². The number of hydrogen-bond acceptors (Lipinski definition) is 5. The molecule has 20 heavy (non-hydrogen) atoms. The fourth-order valence-corrected chi connectivity index (χ4v) is 3.40. The van der Waals surface area contributed by atoms with Crippen molar-refractivity contribution in [2.75, 3.05) is 12.9 Å². The van der Waals surface area contributed by atoms with E-state index < -0.39 is 5.97 Å². The zero-order chi connectivity index (χ0) is 14.8. The lowest BCUT2D eigenvalue weighted by molar-refractivity contribution is -0.141. The van der Waals surface area contributed by atoms with Crippen molar-refractivity contribution in [2.24, 2.45) is 5.41 Å². The molecule has 1 heterocycles. The third-order valence-corrected chi connectivity index (χ3v) is 4.82. The van der Waals surface area contributed by atoms with Gasteiger partial charge in [-0.05, 0) is 37.0 Å². The number of carbonyl (C=O) groups excluding carboxylic acids is 1. The first-order chi connectivity index (χ1) is 9.46. The van der Waals surface area contributed by atoms with Crippen molar-refractivity contribution in [1.82, 2.24) is 0 Å². The number of hydrogen-bond donors (Lipinski definition) is 1. The van der Waals surface area contributed by atoms with E-state index in [0.29, 0.717) is 23.5 Å². The Hall–Kier alpha value is -1.43. The summed E-state index contributed by atoms with van der Waals surface area (Å²) >= 11 is 1.67. The smallest absolute Gasteiger partial charge is 0.372 e. The second-order valence-electron chi connectivity index (χ2n) is 5.28. The first kappa shape index (κ1) is 15.0. The predicted molar refractivity (Wildman–Crippen MR) is 74.9 cm³/mol. The van der Waals surface area contributed by atoms with E-state index in [-0.39, 0.29) is 17.1 Å². The Morgan fingerprint density at radius 3 is 2.70 bits per heavy atom. The third-order valence-electron chi connectivity index (χ3n) is 3.52. The first-order valence-corrected chi connectivity index (χ1v) is 7.58. The molecule has 6 heteroatoms. The average Bonchev–Trinajstić information content (AvgIpc) is 3.03. The quantitative estimate of drug-likeness (QED) is 0.780. The predicted octanol–water partition coefficient (Wildman–Crippen LogP) is 2.86. The Morgan fingerprint density at radius 1 is 1.50 bits per heavy atom. The van der Waals surface area contributed by atoms with Gasteiger partial charge in [0.2, 0.25) is 5.76 Å². The van der Waals surface area contributed by atoms with Gasteiger partial charge in [0, 0.05) is 5.56 Å². The molecule has 0 amide bonds. The molecule has 1 aliphatic rings. The second-order valence-corrected chi connectivity index (χ2v) is 6.26. The van der Waals surface area contributed by atoms with Crippen LogP contribution in [0.4, 0.5) is 0 Å². The summed E-state index contributed by atoms with van der Waals surface area (Å²) in [6.07, 6.45) is 2.56. The normalized spacial score (nSPS) is 15.9. The van der Waals surface area contributed by atoms with Crippen LogP contribution in [0.3, 0.4) is 0 Å². The summed E-state index contributed by atoms with van der Waals surface area (Å²) in [4.78, 5) is 22.2. The van der Waals surface area contributed by atoms with Crippen molar-refractivity contribution in [3.05, 3.63) is 23.2 Å². The highest BCUT2D eigenvalue weighted by atomic mass is 32.2. The highest BCUT2D eigenvalue weighted by Crippen LogP contribution is 2.51. The highest BCUT2D eigenvalue weighted by molar-refractivity contribution is 7.98. The average molecular weight is 298 g/mol. The molecule has 0 saturated heterocycles. The molecule has 0 unspecified atom stereocenters. The molecule has 0 aliphatic heterocycles. The number of aryl methyl sites for hydroxylation is 1. The van der Waals surface area contributed by atoms with E-state index in [4.69, 9.17) is 14.3 Å². The summed E-state index contributed by atoms with van der Waals surface area (Å²) in [7, 11) is 1.41. The Bertz CT molecular complexity index is 516. The number of carboxylic acids is 1. The zero-order valence-electron chi connectivity index (χ0n) is 11.6. The first-order valence-electron chi connectivity index (χ1n) is 6.43. The molecular weight excluding hydrogens is 280 g/mol. The maximum Gasteiger partial charge on any atom is 0.372 e. The van der Waals surface area contributed by atoms with Gasteiger partial charge in [-0.15, -0.1) is 0 Å². The lowest BCUT2D eigenvalue weighted by Gasteiger charge is -2.12. The standard InChI is InChI=1S/C14H18O5S/c1-9-5-10(19-12(9)13(16)17)7-20-8-14(3-4-14)6-11(15)18-2/h5H,3-4,6-8H2,1-2H3,(H,16,17). The minimum Gasteiger partial charge on any atom is -0.475 e. The number of esters is 1. The van der Waals surface area contributed by atoms with Crippen molar-refractivity contribution < 1.29 is 23.8 Å². The molecule has 110 valence electrons. The van der Waals surface area contributed by atoms with Gasteiger partial charge in [-0.3, -0.25) is 4.79 Å². The number of thioether (sulfide) groups is 1. The minimum atomic E-state index is -1.04. The van der Waals surface area contributed by atoms with Gasteiger partial charge >= 0.3 is 11.9 Å². The van der Waals surface area contributed by atoms with E-state index in [1.807, 2.05) is 0 Å². The molecule has 5 nitrogen and oxygen atoms in total. The number of ether oxygens (including phenoxy) is 1. The molecule has 1 aliphatic carbocycles. The number of furan rings is 1. The van der Waals surface area contributed by atoms with Crippen LogP contribution < -0.4 is 0 Å². The van der Waals surface area contributed by atoms with E-state index in [9.17, 15) is 9.59 Å². The summed E-state index contributed by atoms with van der Waals surface area (Å²) in [5.74, 6) is 0.963. The Balaban J connectivity index is 1.83. The SMILES string of the molecule is COC(=O)CC1(CSCc2cc(C)c(C(=O)O)o2)CC1. The maximum absolute atomic E-state index is 11.3. The third kappa shape index (κ3) is 3.56. The fourth-order valence-electron chi connectivity index (χ4n) is 2.13. The van der Waals surface area contributed by atoms with Crippen molar-refractivity contribution in [2.45, 2.75) is 31.9 Å². The largest absolute Gasteiger partial charge is 0.475 e. The van der Waals surface area contributed by atoms with Crippen LogP contribution in [-0.4, -0.2) is 29.9 Å². The molecule has 2 rings (SSSR count). The van der Waals surface area contributed by atoms with E-state index in [1.165, 1.54) is 7.11 Å². The summed E-state index contributed by atoms with van der Waals surface area (Å²) in [6, 6.07) is 1.76. The molecule has 0 radical (unpaired) electrons. The number of carbonyl (C=O) groups is 2. The van der Waals surface area contributed by atoms with Crippen molar-refractivity contribution in [3.63, 3.8) is 0 Å². The molecule has 1 saturated carbocycles. The Kier molecular flexibility index (Phi) is 4.42. The topological polar surface area (TPSA) is 76.7 Å². The van der Waals surface area contributed by atoms with Gasteiger partial charge in [-0.2, -0.15) is 11.8 Å². The zero-order valence-corrected chi connectivity index (χ0v) is 12.4. The summed E-state index contributed by atoms with van der Waals surface area (Å²) in [6.45, 7) is 1.72. The van der Waals surface area contributed by atoms with Crippen LogP contribution in [0.5, 0.6) is 0 Å². The van der Waals surface area contributed by atoms with Gasteiger partial charge in [0.1, 0.15) is 5.76 Å². The van der Waals surface area contributed by atoms with Crippen LogP contribution in [-0.2, 0) is 15.3 Å². The molecule has 1 aromatic heterocycles. The molecule has 0 spiro atoms. The van der Waals surface area contributed by atoms with Crippen molar-refractivity contribution >= 4 is 23.7 Å². The number of methoxy groups -OCH3 is 1. The van der Waals surface area contributed by atoms with Gasteiger partial charge in [-0.1, -0.05) is 0 Å². The van der Waals surface area contributed by atoms with Crippen LogP contribution >= 0.6 is 11.8 Å². The summed E-state index contributed by atoms with van der Waals surface area (Å²) < 4.78 is 10.0. The number of aromatic carboxylic acids is 1.